The van der Waals surface area contributed by atoms with E-state index in [0.29, 0.717) is 10.5 Å². The molecule has 0 radical (unpaired) electrons. The monoisotopic (exact) mass is 371 g/mol. The van der Waals surface area contributed by atoms with Crippen molar-refractivity contribution in [2.75, 3.05) is 6.54 Å². The Hall–Kier alpha value is -3.62. The van der Waals surface area contributed by atoms with Crippen molar-refractivity contribution in [3.05, 3.63) is 75.1 Å². The van der Waals surface area contributed by atoms with Crippen LogP contribution < -0.4 is 5.32 Å². The van der Waals surface area contributed by atoms with Crippen LogP contribution in [0.4, 0.5) is 10.1 Å². The van der Waals surface area contributed by atoms with E-state index in [1.165, 1.54) is 36.4 Å². The highest BCUT2D eigenvalue weighted by Crippen LogP contribution is 2.30. The number of rotatable bonds is 5. The lowest BCUT2D eigenvalue weighted by molar-refractivity contribution is -0.385. The summed E-state index contributed by atoms with van der Waals surface area (Å²) in [6.07, 6.45) is 0. The number of imide groups is 1. The fraction of sp³-hybridized carbons (Fsp3) is 0.167. The maximum atomic E-state index is 13.0. The predicted octanol–water partition coefficient (Wildman–Crippen LogP) is 2.21. The molecule has 0 fully saturated rings. The van der Waals surface area contributed by atoms with Crippen LogP contribution in [0, 0.1) is 15.9 Å². The van der Waals surface area contributed by atoms with Crippen LogP contribution >= 0.6 is 0 Å². The zero-order valence-corrected chi connectivity index (χ0v) is 14.1. The Labute approximate surface area is 152 Å². The van der Waals surface area contributed by atoms with Crippen LogP contribution in [0.5, 0.6) is 0 Å². The van der Waals surface area contributed by atoms with Crippen molar-refractivity contribution >= 4 is 23.4 Å². The van der Waals surface area contributed by atoms with Crippen molar-refractivity contribution in [1.82, 2.24) is 10.2 Å². The Bertz CT molecular complexity index is 958. The zero-order valence-electron chi connectivity index (χ0n) is 14.1. The topological polar surface area (TPSA) is 110 Å². The number of carbonyl (C=O) groups excluding carboxylic acids is 3. The first-order valence-corrected chi connectivity index (χ1v) is 7.98. The number of benzene rings is 2. The molecule has 0 spiro atoms. The number of nitro benzene ring substituents is 1. The van der Waals surface area contributed by atoms with Gasteiger partial charge >= 0.3 is 0 Å². The van der Waals surface area contributed by atoms with E-state index >= 15 is 0 Å². The molecule has 1 heterocycles. The number of nitrogens with one attached hydrogen (secondary N) is 1. The summed E-state index contributed by atoms with van der Waals surface area (Å²) in [7, 11) is 0. The summed E-state index contributed by atoms with van der Waals surface area (Å²) in [5.74, 6) is -2.68. The van der Waals surface area contributed by atoms with Gasteiger partial charge in [0.2, 0.25) is 5.91 Å². The van der Waals surface area contributed by atoms with Gasteiger partial charge in [0, 0.05) is 6.07 Å². The first-order valence-electron chi connectivity index (χ1n) is 7.98. The van der Waals surface area contributed by atoms with Gasteiger partial charge in [-0.05, 0) is 30.7 Å². The van der Waals surface area contributed by atoms with Crippen molar-refractivity contribution in [3.63, 3.8) is 0 Å². The quantitative estimate of drug-likeness (QED) is 0.492. The van der Waals surface area contributed by atoms with E-state index in [-0.39, 0.29) is 11.1 Å². The standard InChI is InChI=1S/C18H14FN3O5/c1-10(11-5-7-12(19)8-6-11)20-15(23)9-21-17(24)13-3-2-4-14(22(26)27)16(13)18(21)25/h2-8,10H,9H2,1H3,(H,20,23)/t10-/m1/s1. The second kappa shape index (κ2) is 6.94. The van der Waals surface area contributed by atoms with Crippen LogP contribution in [0.1, 0.15) is 39.2 Å². The van der Waals surface area contributed by atoms with Gasteiger partial charge in [-0.25, -0.2) is 4.39 Å². The average molecular weight is 371 g/mol. The van der Waals surface area contributed by atoms with Crippen LogP contribution in [-0.2, 0) is 4.79 Å². The molecule has 9 heteroatoms. The number of halogens is 1. The van der Waals surface area contributed by atoms with E-state index in [1.54, 1.807) is 6.92 Å². The molecule has 0 aromatic heterocycles. The number of nitro groups is 1. The van der Waals surface area contributed by atoms with Gasteiger partial charge in [0.1, 0.15) is 17.9 Å². The molecule has 0 saturated carbocycles. The Morgan fingerprint density at radius 1 is 1.19 bits per heavy atom. The van der Waals surface area contributed by atoms with Crippen molar-refractivity contribution in [2.24, 2.45) is 0 Å². The third kappa shape index (κ3) is 3.39. The fourth-order valence-corrected chi connectivity index (χ4v) is 2.88. The molecule has 3 rings (SSSR count). The van der Waals surface area contributed by atoms with Crippen LogP contribution in [0.3, 0.4) is 0 Å². The molecule has 0 saturated heterocycles. The highest BCUT2D eigenvalue weighted by molar-refractivity contribution is 6.24. The lowest BCUT2D eigenvalue weighted by Crippen LogP contribution is -2.41. The van der Waals surface area contributed by atoms with Crippen molar-refractivity contribution in [3.8, 4) is 0 Å². The summed E-state index contributed by atoms with van der Waals surface area (Å²) in [4.78, 5) is 48.1. The first kappa shape index (κ1) is 18.2. The number of hydrogen-bond acceptors (Lipinski definition) is 5. The molecule has 0 unspecified atom stereocenters. The Morgan fingerprint density at radius 2 is 1.85 bits per heavy atom. The minimum atomic E-state index is -0.883. The molecule has 2 aromatic carbocycles. The van der Waals surface area contributed by atoms with E-state index < -0.39 is 46.7 Å². The van der Waals surface area contributed by atoms with Crippen LogP contribution in [0.2, 0.25) is 0 Å². The summed E-state index contributed by atoms with van der Waals surface area (Å²) in [6.45, 7) is 1.09. The Balaban J connectivity index is 1.74. The molecule has 0 aliphatic carbocycles. The third-order valence-electron chi connectivity index (χ3n) is 4.22. The molecule has 138 valence electrons. The van der Waals surface area contributed by atoms with Crippen LogP contribution in [0.25, 0.3) is 0 Å². The number of hydrogen-bond donors (Lipinski definition) is 1. The summed E-state index contributed by atoms with van der Waals surface area (Å²) in [5.41, 5.74) is -0.253. The molecular formula is C18H14FN3O5. The highest BCUT2D eigenvalue weighted by atomic mass is 19.1. The average Bonchev–Trinajstić information content (AvgIpc) is 2.87. The molecular weight excluding hydrogens is 357 g/mol. The predicted molar refractivity (Wildman–Crippen MR) is 91.4 cm³/mol. The van der Waals surface area contributed by atoms with Gasteiger partial charge in [-0.3, -0.25) is 29.4 Å². The Kier molecular flexibility index (Phi) is 4.68. The van der Waals surface area contributed by atoms with Gasteiger partial charge in [0.15, 0.2) is 0 Å². The van der Waals surface area contributed by atoms with E-state index in [4.69, 9.17) is 0 Å². The fourth-order valence-electron chi connectivity index (χ4n) is 2.88. The molecule has 1 atom stereocenters. The van der Waals surface area contributed by atoms with Gasteiger partial charge < -0.3 is 5.32 Å². The minimum Gasteiger partial charge on any atom is -0.348 e. The highest BCUT2D eigenvalue weighted by Gasteiger charge is 2.41. The first-order chi connectivity index (χ1) is 12.8. The van der Waals surface area contributed by atoms with Gasteiger partial charge in [-0.1, -0.05) is 18.2 Å². The van der Waals surface area contributed by atoms with Gasteiger partial charge in [0.05, 0.1) is 16.5 Å². The minimum absolute atomic E-state index is 0.103. The van der Waals surface area contributed by atoms with Crippen LogP contribution in [0.15, 0.2) is 42.5 Å². The largest absolute Gasteiger partial charge is 0.348 e. The van der Waals surface area contributed by atoms with Gasteiger partial charge in [0.25, 0.3) is 17.5 Å². The number of amides is 3. The number of carbonyl (C=O) groups is 3. The molecule has 1 N–H and O–H groups in total. The molecule has 8 nitrogen and oxygen atoms in total. The van der Waals surface area contributed by atoms with E-state index in [9.17, 15) is 28.9 Å². The smallest absolute Gasteiger partial charge is 0.282 e. The van der Waals surface area contributed by atoms with Crippen molar-refractivity contribution in [2.45, 2.75) is 13.0 Å². The lowest BCUT2D eigenvalue weighted by atomic mass is 10.1. The summed E-state index contributed by atoms with van der Waals surface area (Å²) in [5, 5.41) is 13.7. The number of fused-ring (bicyclic) bond motifs is 1. The Morgan fingerprint density at radius 3 is 2.48 bits per heavy atom. The van der Waals surface area contributed by atoms with Crippen LogP contribution in [-0.4, -0.2) is 34.1 Å². The van der Waals surface area contributed by atoms with E-state index in [0.717, 1.165) is 6.07 Å². The van der Waals surface area contributed by atoms with Crippen molar-refractivity contribution < 1.29 is 23.7 Å². The maximum absolute atomic E-state index is 13.0. The summed E-state index contributed by atoms with van der Waals surface area (Å²) >= 11 is 0. The summed E-state index contributed by atoms with van der Waals surface area (Å²) in [6, 6.07) is 8.77. The molecule has 27 heavy (non-hydrogen) atoms. The maximum Gasteiger partial charge on any atom is 0.282 e. The molecule has 2 aromatic rings. The second-order valence-corrected chi connectivity index (χ2v) is 5.99. The molecule has 1 aliphatic heterocycles. The molecule has 1 aliphatic rings. The second-order valence-electron chi connectivity index (χ2n) is 5.99. The third-order valence-corrected chi connectivity index (χ3v) is 4.22. The van der Waals surface area contributed by atoms with Gasteiger partial charge in [-0.2, -0.15) is 0 Å². The molecule has 3 amide bonds. The van der Waals surface area contributed by atoms with Crippen molar-refractivity contribution in [1.29, 1.82) is 0 Å². The SMILES string of the molecule is C[C@@H](NC(=O)CN1C(=O)c2cccc([N+](=O)[O-])c2C1=O)c1ccc(F)cc1. The molecule has 0 bridgehead atoms. The van der Waals surface area contributed by atoms with E-state index in [1.807, 2.05) is 0 Å². The summed E-state index contributed by atoms with van der Waals surface area (Å²) < 4.78 is 13.0. The number of nitrogens with zero attached hydrogens (tertiary/aromatic N) is 2. The lowest BCUT2D eigenvalue weighted by Gasteiger charge is -2.17. The van der Waals surface area contributed by atoms with Gasteiger partial charge in [-0.15, -0.1) is 0 Å². The van der Waals surface area contributed by atoms with E-state index in [2.05, 4.69) is 5.32 Å². The zero-order chi connectivity index (χ0) is 19.7. The normalized spacial score (nSPS) is 14.1.